The number of aromatic nitrogens is 1. The van der Waals surface area contributed by atoms with E-state index in [1.165, 1.54) is 25.3 Å². The summed E-state index contributed by atoms with van der Waals surface area (Å²) in [6.45, 7) is 4.46. The van der Waals surface area contributed by atoms with Crippen LogP contribution in [0.4, 0.5) is 5.13 Å². The minimum Gasteiger partial charge on any atom is -0.425 e. The van der Waals surface area contributed by atoms with Crippen LogP contribution in [0.25, 0.3) is 0 Å². The number of anilines is 1. The first-order valence-corrected chi connectivity index (χ1v) is 10.6. The molecule has 0 radical (unpaired) electrons. The van der Waals surface area contributed by atoms with Crippen molar-refractivity contribution in [2.45, 2.75) is 26.5 Å². The van der Waals surface area contributed by atoms with E-state index in [-0.39, 0.29) is 27.4 Å². The number of carbonyl (C=O) groups is 2. The number of halogens is 1. The second-order valence-corrected chi connectivity index (χ2v) is 9.25. The summed E-state index contributed by atoms with van der Waals surface area (Å²) in [6.07, 6.45) is 1.43. The van der Waals surface area contributed by atoms with Crippen LogP contribution in [0.15, 0.2) is 18.3 Å². The van der Waals surface area contributed by atoms with Crippen LogP contribution in [0, 0.1) is 6.92 Å². The van der Waals surface area contributed by atoms with Crippen molar-refractivity contribution in [3.05, 3.63) is 39.4 Å². The standard InChI is InChI=1S/C16H17ClN2O5S2/c1-4-26(22,23)8-11-7-18-16(25-11)19-15(21)12-5-6-13(24-10(3)20)14(17)9(12)2/h5-7H,4,8H2,1-3H3,(H,18,19,21). The zero-order chi connectivity index (χ0) is 19.5. The number of sulfone groups is 1. The van der Waals surface area contributed by atoms with E-state index < -0.39 is 21.7 Å². The largest absolute Gasteiger partial charge is 0.425 e. The van der Waals surface area contributed by atoms with Gasteiger partial charge in [-0.25, -0.2) is 13.4 Å². The third kappa shape index (κ3) is 5.03. The summed E-state index contributed by atoms with van der Waals surface area (Å²) >= 11 is 7.24. The number of hydrogen-bond acceptors (Lipinski definition) is 7. The Labute approximate surface area is 160 Å². The molecular weight excluding hydrogens is 400 g/mol. The molecule has 26 heavy (non-hydrogen) atoms. The molecule has 0 aliphatic heterocycles. The Balaban J connectivity index is 2.17. The van der Waals surface area contributed by atoms with Crippen molar-refractivity contribution in [2.24, 2.45) is 0 Å². The molecular formula is C16H17ClN2O5S2. The van der Waals surface area contributed by atoms with E-state index in [4.69, 9.17) is 16.3 Å². The molecule has 0 saturated carbocycles. The van der Waals surface area contributed by atoms with Gasteiger partial charge in [-0.3, -0.25) is 14.9 Å². The first-order chi connectivity index (χ1) is 12.1. The van der Waals surface area contributed by atoms with E-state index in [0.29, 0.717) is 16.0 Å². The smallest absolute Gasteiger partial charge is 0.308 e. The quantitative estimate of drug-likeness (QED) is 0.573. The summed E-state index contributed by atoms with van der Waals surface area (Å²) in [5.74, 6) is -0.855. The van der Waals surface area contributed by atoms with Gasteiger partial charge in [0.25, 0.3) is 5.91 Å². The molecule has 0 atom stereocenters. The van der Waals surface area contributed by atoms with Crippen LogP contribution in [0.1, 0.15) is 34.6 Å². The van der Waals surface area contributed by atoms with Gasteiger partial charge in [0.1, 0.15) is 5.75 Å². The van der Waals surface area contributed by atoms with Gasteiger partial charge in [-0.05, 0) is 24.6 Å². The van der Waals surface area contributed by atoms with Crippen molar-refractivity contribution >= 4 is 49.8 Å². The van der Waals surface area contributed by atoms with Crippen molar-refractivity contribution in [1.29, 1.82) is 0 Å². The average molecular weight is 417 g/mol. The lowest BCUT2D eigenvalue weighted by atomic mass is 10.1. The van der Waals surface area contributed by atoms with Crippen LogP contribution < -0.4 is 10.1 Å². The van der Waals surface area contributed by atoms with Crippen LogP contribution in [0.2, 0.25) is 5.02 Å². The number of nitrogens with one attached hydrogen (secondary N) is 1. The minimum atomic E-state index is -3.17. The lowest BCUT2D eigenvalue weighted by Crippen LogP contribution is -2.14. The van der Waals surface area contributed by atoms with Gasteiger partial charge in [-0.2, -0.15) is 0 Å². The number of benzene rings is 1. The number of hydrogen-bond donors (Lipinski definition) is 1. The molecule has 2 aromatic rings. The Bertz CT molecular complexity index is 954. The summed E-state index contributed by atoms with van der Waals surface area (Å²) in [5, 5.41) is 3.07. The van der Waals surface area contributed by atoms with Crippen LogP contribution in [-0.4, -0.2) is 31.0 Å². The summed E-state index contributed by atoms with van der Waals surface area (Å²) in [4.78, 5) is 28.1. The van der Waals surface area contributed by atoms with Gasteiger partial charge in [-0.15, -0.1) is 11.3 Å². The van der Waals surface area contributed by atoms with Crippen LogP contribution in [0.3, 0.4) is 0 Å². The Morgan fingerprint density at radius 1 is 1.35 bits per heavy atom. The fourth-order valence-corrected chi connectivity index (χ4v) is 4.35. The van der Waals surface area contributed by atoms with Crippen molar-refractivity contribution in [1.82, 2.24) is 4.98 Å². The number of esters is 1. The predicted octanol–water partition coefficient (Wildman–Crippen LogP) is 3.22. The SMILES string of the molecule is CCS(=O)(=O)Cc1cnc(NC(=O)c2ccc(OC(C)=O)c(Cl)c2C)s1. The maximum absolute atomic E-state index is 12.4. The summed E-state index contributed by atoms with van der Waals surface area (Å²) in [7, 11) is -3.17. The third-order valence-electron chi connectivity index (χ3n) is 3.43. The molecule has 1 N–H and O–H groups in total. The number of amides is 1. The van der Waals surface area contributed by atoms with Gasteiger partial charge < -0.3 is 4.74 Å². The molecule has 0 spiro atoms. The van der Waals surface area contributed by atoms with Crippen molar-refractivity contribution in [3.63, 3.8) is 0 Å². The topological polar surface area (TPSA) is 102 Å². The lowest BCUT2D eigenvalue weighted by molar-refractivity contribution is -0.131. The molecule has 0 aliphatic carbocycles. The van der Waals surface area contributed by atoms with E-state index in [9.17, 15) is 18.0 Å². The normalized spacial score (nSPS) is 11.2. The number of carbonyl (C=O) groups excluding carboxylic acids is 2. The van der Waals surface area contributed by atoms with Gasteiger partial charge in [0.05, 0.1) is 10.8 Å². The molecule has 140 valence electrons. The fourth-order valence-electron chi connectivity index (χ4n) is 2.06. The van der Waals surface area contributed by atoms with E-state index in [2.05, 4.69) is 10.3 Å². The molecule has 0 unspecified atom stereocenters. The highest BCUT2D eigenvalue weighted by Gasteiger charge is 2.18. The second-order valence-electron chi connectivity index (χ2n) is 5.41. The van der Waals surface area contributed by atoms with Crippen LogP contribution in [-0.2, 0) is 20.4 Å². The van der Waals surface area contributed by atoms with Gasteiger partial charge in [0.2, 0.25) is 0 Å². The monoisotopic (exact) mass is 416 g/mol. The van der Waals surface area contributed by atoms with Crippen molar-refractivity contribution < 1.29 is 22.7 Å². The maximum atomic E-state index is 12.4. The molecule has 1 aromatic heterocycles. The Morgan fingerprint density at radius 2 is 2.04 bits per heavy atom. The summed E-state index contributed by atoms with van der Waals surface area (Å²) in [6, 6.07) is 2.93. The molecule has 0 saturated heterocycles. The predicted molar refractivity (Wildman–Crippen MR) is 101 cm³/mol. The highest BCUT2D eigenvalue weighted by Crippen LogP contribution is 2.31. The van der Waals surface area contributed by atoms with E-state index in [0.717, 1.165) is 11.3 Å². The van der Waals surface area contributed by atoms with E-state index >= 15 is 0 Å². The molecule has 0 bridgehead atoms. The highest BCUT2D eigenvalue weighted by molar-refractivity contribution is 7.90. The van der Waals surface area contributed by atoms with Crippen LogP contribution in [0.5, 0.6) is 5.75 Å². The highest BCUT2D eigenvalue weighted by atomic mass is 35.5. The number of thiazole rings is 1. The maximum Gasteiger partial charge on any atom is 0.308 e. The van der Waals surface area contributed by atoms with Crippen LogP contribution >= 0.6 is 22.9 Å². The molecule has 1 heterocycles. The first-order valence-electron chi connectivity index (χ1n) is 7.57. The van der Waals surface area contributed by atoms with E-state index in [1.807, 2.05) is 0 Å². The third-order valence-corrected chi connectivity index (χ3v) is 6.62. The number of rotatable bonds is 6. The minimum absolute atomic E-state index is 0.0406. The van der Waals surface area contributed by atoms with Gasteiger partial charge in [0.15, 0.2) is 15.0 Å². The van der Waals surface area contributed by atoms with E-state index in [1.54, 1.807) is 13.8 Å². The zero-order valence-corrected chi connectivity index (χ0v) is 16.7. The Kier molecular flexibility index (Phi) is 6.38. The zero-order valence-electron chi connectivity index (χ0n) is 14.3. The lowest BCUT2D eigenvalue weighted by Gasteiger charge is -2.10. The van der Waals surface area contributed by atoms with Gasteiger partial charge in [-0.1, -0.05) is 18.5 Å². The molecule has 2 rings (SSSR count). The fraction of sp³-hybridized carbons (Fsp3) is 0.312. The van der Waals surface area contributed by atoms with Gasteiger partial charge in [0, 0.05) is 29.3 Å². The molecule has 0 aliphatic rings. The van der Waals surface area contributed by atoms with Crippen molar-refractivity contribution in [2.75, 3.05) is 11.1 Å². The average Bonchev–Trinajstić information content (AvgIpc) is 2.97. The molecule has 1 amide bonds. The molecule has 1 aromatic carbocycles. The summed E-state index contributed by atoms with van der Waals surface area (Å²) < 4.78 is 28.3. The molecule has 0 fully saturated rings. The first kappa shape index (κ1) is 20.3. The Hall–Kier alpha value is -1.97. The van der Waals surface area contributed by atoms with Gasteiger partial charge >= 0.3 is 5.97 Å². The second kappa shape index (κ2) is 8.15. The summed E-state index contributed by atoms with van der Waals surface area (Å²) in [5.41, 5.74) is 0.747. The number of ether oxygens (including phenoxy) is 1. The van der Waals surface area contributed by atoms with Crippen molar-refractivity contribution in [3.8, 4) is 5.75 Å². The Morgan fingerprint density at radius 3 is 2.65 bits per heavy atom. The molecule has 10 heteroatoms. The number of nitrogens with zero attached hydrogens (tertiary/aromatic N) is 1. The molecule has 7 nitrogen and oxygen atoms in total.